The lowest BCUT2D eigenvalue weighted by Gasteiger charge is -2.43. The van der Waals surface area contributed by atoms with E-state index < -0.39 is 23.0 Å². The van der Waals surface area contributed by atoms with Crippen LogP contribution in [0.25, 0.3) is 11.0 Å². The van der Waals surface area contributed by atoms with Gasteiger partial charge in [0.1, 0.15) is 34.2 Å². The fourth-order valence-corrected chi connectivity index (χ4v) is 3.56. The van der Waals surface area contributed by atoms with Crippen molar-refractivity contribution in [2.75, 3.05) is 7.11 Å². The van der Waals surface area contributed by atoms with Crippen molar-refractivity contribution in [3.05, 3.63) is 78.1 Å². The van der Waals surface area contributed by atoms with Crippen molar-refractivity contribution in [1.82, 2.24) is 15.0 Å². The fraction of sp³-hybridized carbons (Fsp3) is 0.292. The van der Waals surface area contributed by atoms with E-state index in [0.717, 1.165) is 0 Å². The standard InChI is InChI=1S/C24H25N3O4/c1-23(2,3)24(29)13-12-18(30-4)15-21(24)27-25-19-11-10-16(14-20(19)26-27)22(28)31-17-8-6-5-7-9-17/h5-15,21,29H,1-4H3. The van der Waals surface area contributed by atoms with E-state index in [2.05, 4.69) is 10.2 Å². The first-order valence-corrected chi connectivity index (χ1v) is 10.0. The molecule has 0 aliphatic heterocycles. The van der Waals surface area contributed by atoms with Gasteiger partial charge in [-0.2, -0.15) is 15.0 Å². The molecule has 1 aromatic heterocycles. The molecule has 0 amide bonds. The number of nitrogens with zero attached hydrogens (tertiary/aromatic N) is 3. The Labute approximate surface area is 180 Å². The summed E-state index contributed by atoms with van der Waals surface area (Å²) in [4.78, 5) is 14.0. The molecule has 7 heteroatoms. The molecule has 0 spiro atoms. The molecule has 2 atom stereocenters. The van der Waals surface area contributed by atoms with Gasteiger partial charge in [-0.25, -0.2) is 4.79 Å². The van der Waals surface area contributed by atoms with Crippen molar-refractivity contribution in [2.24, 2.45) is 5.41 Å². The lowest BCUT2D eigenvalue weighted by Crippen LogP contribution is -2.49. The first-order chi connectivity index (χ1) is 14.7. The van der Waals surface area contributed by atoms with Gasteiger partial charge in [-0.3, -0.25) is 0 Å². The minimum Gasteiger partial charge on any atom is -0.497 e. The Bertz CT molecular complexity index is 1170. The normalized spacial score (nSPS) is 21.1. The average molecular weight is 419 g/mol. The van der Waals surface area contributed by atoms with E-state index in [0.29, 0.717) is 28.1 Å². The molecule has 0 saturated heterocycles. The highest BCUT2D eigenvalue weighted by atomic mass is 16.5. The first kappa shape index (κ1) is 20.8. The lowest BCUT2D eigenvalue weighted by molar-refractivity contribution is -0.0522. The summed E-state index contributed by atoms with van der Waals surface area (Å²) in [7, 11) is 1.58. The first-order valence-electron chi connectivity index (χ1n) is 10.0. The Morgan fingerprint density at radius 2 is 1.81 bits per heavy atom. The van der Waals surface area contributed by atoms with Crippen molar-refractivity contribution < 1.29 is 19.4 Å². The van der Waals surface area contributed by atoms with Crippen molar-refractivity contribution >= 4 is 17.0 Å². The molecule has 31 heavy (non-hydrogen) atoms. The number of methoxy groups -OCH3 is 1. The number of carbonyl (C=O) groups is 1. The van der Waals surface area contributed by atoms with Gasteiger partial charge in [0.15, 0.2) is 0 Å². The van der Waals surface area contributed by atoms with Crippen LogP contribution in [-0.4, -0.2) is 38.8 Å². The highest BCUT2D eigenvalue weighted by Crippen LogP contribution is 2.43. The molecule has 3 aromatic rings. The predicted molar refractivity (Wildman–Crippen MR) is 117 cm³/mol. The smallest absolute Gasteiger partial charge is 0.343 e. The van der Waals surface area contributed by atoms with E-state index >= 15 is 0 Å². The van der Waals surface area contributed by atoms with Crippen LogP contribution in [0.5, 0.6) is 5.75 Å². The molecule has 0 saturated carbocycles. The number of hydrogen-bond donors (Lipinski definition) is 1. The zero-order valence-electron chi connectivity index (χ0n) is 17.9. The predicted octanol–water partition coefficient (Wildman–Crippen LogP) is 4.07. The third-order valence-corrected chi connectivity index (χ3v) is 5.55. The molecule has 7 nitrogen and oxygen atoms in total. The summed E-state index contributed by atoms with van der Waals surface area (Å²) in [6, 6.07) is 13.3. The van der Waals surface area contributed by atoms with Gasteiger partial charge in [0.25, 0.3) is 0 Å². The van der Waals surface area contributed by atoms with Gasteiger partial charge in [-0.1, -0.05) is 39.0 Å². The van der Waals surface area contributed by atoms with Crippen LogP contribution in [0.15, 0.2) is 72.5 Å². The molecule has 4 rings (SSSR count). The van der Waals surface area contributed by atoms with Crippen molar-refractivity contribution in [2.45, 2.75) is 32.4 Å². The molecule has 1 aliphatic rings. The van der Waals surface area contributed by atoms with E-state index in [-0.39, 0.29) is 0 Å². The van der Waals surface area contributed by atoms with Crippen molar-refractivity contribution in [1.29, 1.82) is 0 Å². The third-order valence-electron chi connectivity index (χ3n) is 5.55. The maximum atomic E-state index is 12.5. The summed E-state index contributed by atoms with van der Waals surface area (Å²) in [6.45, 7) is 5.87. The monoisotopic (exact) mass is 419 g/mol. The fourth-order valence-electron chi connectivity index (χ4n) is 3.56. The minimum atomic E-state index is -1.24. The summed E-state index contributed by atoms with van der Waals surface area (Å²) in [5, 5.41) is 20.6. The van der Waals surface area contributed by atoms with Crippen LogP contribution in [0.3, 0.4) is 0 Å². The van der Waals surface area contributed by atoms with Gasteiger partial charge in [-0.15, -0.1) is 0 Å². The number of hydrogen-bond acceptors (Lipinski definition) is 6. The van der Waals surface area contributed by atoms with Crippen molar-refractivity contribution in [3.63, 3.8) is 0 Å². The molecule has 1 heterocycles. The number of esters is 1. The molecular weight excluding hydrogens is 394 g/mol. The lowest BCUT2D eigenvalue weighted by atomic mass is 9.70. The Hall–Kier alpha value is -3.45. The summed E-state index contributed by atoms with van der Waals surface area (Å²) < 4.78 is 10.8. The van der Waals surface area contributed by atoms with Crippen LogP contribution in [0.4, 0.5) is 0 Å². The van der Waals surface area contributed by atoms with Crippen molar-refractivity contribution in [3.8, 4) is 5.75 Å². The number of para-hydroxylation sites is 1. The summed E-state index contributed by atoms with van der Waals surface area (Å²) in [5.74, 6) is 0.612. The second kappa shape index (κ2) is 7.67. The van der Waals surface area contributed by atoms with E-state index in [4.69, 9.17) is 9.47 Å². The van der Waals surface area contributed by atoms with Crippen LogP contribution in [0.2, 0.25) is 0 Å². The van der Waals surface area contributed by atoms with Gasteiger partial charge in [0, 0.05) is 0 Å². The van der Waals surface area contributed by atoms with Crippen LogP contribution in [-0.2, 0) is 4.74 Å². The van der Waals surface area contributed by atoms with Crippen LogP contribution < -0.4 is 4.74 Å². The Morgan fingerprint density at radius 3 is 2.48 bits per heavy atom. The number of carbonyl (C=O) groups excluding carboxylic acids is 1. The minimum absolute atomic E-state index is 0.367. The molecule has 0 bridgehead atoms. The molecule has 0 fully saturated rings. The van der Waals surface area contributed by atoms with Crippen LogP contribution >= 0.6 is 0 Å². The highest BCUT2D eigenvalue weighted by Gasteiger charge is 2.47. The summed E-state index contributed by atoms with van der Waals surface area (Å²) in [6.07, 6.45) is 5.28. The van der Waals surface area contributed by atoms with E-state index in [1.165, 1.54) is 4.80 Å². The van der Waals surface area contributed by atoms with Crippen LogP contribution in [0, 0.1) is 5.41 Å². The van der Waals surface area contributed by atoms with Gasteiger partial charge in [0.05, 0.1) is 12.7 Å². The van der Waals surface area contributed by atoms with Gasteiger partial charge in [-0.05, 0) is 54.0 Å². The Kier molecular flexibility index (Phi) is 5.15. The number of aromatic nitrogens is 3. The van der Waals surface area contributed by atoms with E-state index in [9.17, 15) is 9.90 Å². The molecule has 2 unspecified atom stereocenters. The zero-order chi connectivity index (χ0) is 22.2. The van der Waals surface area contributed by atoms with Gasteiger partial charge >= 0.3 is 5.97 Å². The zero-order valence-corrected chi connectivity index (χ0v) is 17.9. The third kappa shape index (κ3) is 3.84. The van der Waals surface area contributed by atoms with Gasteiger partial charge in [0.2, 0.25) is 0 Å². The molecule has 160 valence electrons. The average Bonchev–Trinajstić information content (AvgIpc) is 3.17. The summed E-state index contributed by atoms with van der Waals surface area (Å²) in [5.41, 5.74) is -0.227. The summed E-state index contributed by atoms with van der Waals surface area (Å²) >= 11 is 0. The molecular formula is C24H25N3O4. The second-order valence-electron chi connectivity index (χ2n) is 8.55. The van der Waals surface area contributed by atoms with E-state index in [1.54, 1.807) is 67.8 Å². The Morgan fingerprint density at radius 1 is 1.10 bits per heavy atom. The molecule has 0 radical (unpaired) electrons. The number of ether oxygens (including phenoxy) is 2. The number of aliphatic hydroxyl groups is 1. The second-order valence-corrected chi connectivity index (χ2v) is 8.55. The maximum absolute atomic E-state index is 12.5. The number of benzene rings is 2. The number of rotatable bonds is 4. The topological polar surface area (TPSA) is 86.5 Å². The van der Waals surface area contributed by atoms with Crippen LogP contribution in [0.1, 0.15) is 37.2 Å². The highest BCUT2D eigenvalue weighted by molar-refractivity contribution is 5.94. The SMILES string of the molecule is COC1=CC(n2nc3ccc(C(=O)Oc4ccccc4)cc3n2)C(O)(C(C)(C)C)C=C1. The maximum Gasteiger partial charge on any atom is 0.343 e. The Balaban J connectivity index is 1.69. The molecule has 1 N–H and O–H groups in total. The molecule has 2 aromatic carbocycles. The quantitative estimate of drug-likeness (QED) is 0.507. The molecule has 1 aliphatic carbocycles. The van der Waals surface area contributed by atoms with Gasteiger partial charge < -0.3 is 14.6 Å². The number of allylic oxidation sites excluding steroid dienone is 1. The largest absolute Gasteiger partial charge is 0.497 e. The number of fused-ring (bicyclic) bond motifs is 1. The van der Waals surface area contributed by atoms with E-state index in [1.807, 2.05) is 26.8 Å².